The molecule has 2 heteroatoms. The minimum absolute atomic E-state index is 0.00283. The van der Waals surface area contributed by atoms with Crippen LogP contribution in [-0.2, 0) is 0 Å². The molecule has 0 rings (SSSR count). The Hall–Kier alpha value is -0.0800. The maximum atomic E-state index is 9.99. The standard InChI is InChI=1S/C17H37NO/c1-3-5-7-9-10-11-13-15-17(19)16(18)14-12-8-6-4-2/h16-17,19H,3-15,18H2,1-2H3. The molecule has 0 aliphatic carbocycles. The normalized spacial score (nSPS) is 14.5. The fourth-order valence-electron chi connectivity index (χ4n) is 2.52. The molecule has 0 saturated carbocycles. The van der Waals surface area contributed by atoms with Gasteiger partial charge in [0.1, 0.15) is 0 Å². The second-order valence-electron chi connectivity index (χ2n) is 5.99. The Morgan fingerprint density at radius 3 is 1.68 bits per heavy atom. The Kier molecular flexibility index (Phi) is 14.3. The van der Waals surface area contributed by atoms with Gasteiger partial charge in [0.2, 0.25) is 0 Å². The molecule has 0 aromatic carbocycles. The summed E-state index contributed by atoms with van der Waals surface area (Å²) in [6.07, 6.45) is 15.7. The summed E-state index contributed by atoms with van der Waals surface area (Å²) in [6, 6.07) is -0.00283. The van der Waals surface area contributed by atoms with Crippen LogP contribution in [0.3, 0.4) is 0 Å². The predicted molar refractivity (Wildman–Crippen MR) is 85.4 cm³/mol. The fourth-order valence-corrected chi connectivity index (χ4v) is 2.52. The Morgan fingerprint density at radius 2 is 1.11 bits per heavy atom. The van der Waals surface area contributed by atoms with E-state index in [4.69, 9.17) is 5.73 Å². The van der Waals surface area contributed by atoms with E-state index in [-0.39, 0.29) is 12.1 Å². The highest BCUT2D eigenvalue weighted by atomic mass is 16.3. The highest BCUT2D eigenvalue weighted by Crippen LogP contribution is 2.13. The van der Waals surface area contributed by atoms with Gasteiger partial charge >= 0.3 is 0 Å². The second-order valence-corrected chi connectivity index (χ2v) is 5.99. The van der Waals surface area contributed by atoms with Gasteiger partial charge in [-0.05, 0) is 12.8 Å². The van der Waals surface area contributed by atoms with Crippen LogP contribution in [0.4, 0.5) is 0 Å². The van der Waals surface area contributed by atoms with Crippen molar-refractivity contribution in [3.63, 3.8) is 0 Å². The van der Waals surface area contributed by atoms with Crippen LogP contribution in [0, 0.1) is 0 Å². The zero-order chi connectivity index (χ0) is 14.3. The summed E-state index contributed by atoms with van der Waals surface area (Å²) < 4.78 is 0. The van der Waals surface area contributed by atoms with Crippen LogP contribution in [0.2, 0.25) is 0 Å². The quantitative estimate of drug-likeness (QED) is 0.446. The Labute approximate surface area is 121 Å². The fraction of sp³-hybridized carbons (Fsp3) is 1.00. The van der Waals surface area contributed by atoms with Crippen LogP contribution in [0.1, 0.15) is 97.3 Å². The topological polar surface area (TPSA) is 46.2 Å². The molecule has 2 unspecified atom stereocenters. The van der Waals surface area contributed by atoms with Gasteiger partial charge in [-0.1, -0.05) is 84.5 Å². The number of unbranched alkanes of at least 4 members (excludes halogenated alkanes) is 9. The summed E-state index contributed by atoms with van der Waals surface area (Å²) in [6.45, 7) is 4.47. The van der Waals surface area contributed by atoms with E-state index < -0.39 is 0 Å². The van der Waals surface area contributed by atoms with Crippen LogP contribution < -0.4 is 5.73 Å². The van der Waals surface area contributed by atoms with Gasteiger partial charge in [0.15, 0.2) is 0 Å². The molecule has 0 aromatic rings. The lowest BCUT2D eigenvalue weighted by atomic mass is 9.98. The third-order valence-electron chi connectivity index (χ3n) is 3.99. The van der Waals surface area contributed by atoms with E-state index in [0.717, 1.165) is 19.3 Å². The first-order chi connectivity index (χ1) is 9.22. The van der Waals surface area contributed by atoms with Gasteiger partial charge in [0.25, 0.3) is 0 Å². The lowest BCUT2D eigenvalue weighted by Gasteiger charge is -2.18. The monoisotopic (exact) mass is 271 g/mol. The van der Waals surface area contributed by atoms with E-state index in [2.05, 4.69) is 13.8 Å². The Balaban J connectivity index is 3.33. The predicted octanol–water partition coefficient (Wildman–Crippen LogP) is 4.79. The molecule has 19 heavy (non-hydrogen) atoms. The molecule has 0 spiro atoms. The van der Waals surface area contributed by atoms with Crippen LogP contribution in [0.5, 0.6) is 0 Å². The molecule has 0 aliphatic heterocycles. The average molecular weight is 271 g/mol. The van der Waals surface area contributed by atoms with Crippen molar-refractivity contribution in [2.24, 2.45) is 5.73 Å². The minimum atomic E-state index is -0.280. The van der Waals surface area contributed by atoms with E-state index in [1.165, 1.54) is 64.2 Å². The van der Waals surface area contributed by atoms with E-state index in [0.29, 0.717) is 0 Å². The third-order valence-corrected chi connectivity index (χ3v) is 3.99. The van der Waals surface area contributed by atoms with Gasteiger partial charge in [-0.2, -0.15) is 0 Å². The molecule has 3 N–H and O–H groups in total. The lowest BCUT2D eigenvalue weighted by molar-refractivity contribution is 0.126. The van der Waals surface area contributed by atoms with Gasteiger partial charge in [-0.3, -0.25) is 0 Å². The first kappa shape index (κ1) is 18.9. The highest BCUT2D eigenvalue weighted by molar-refractivity contribution is 4.71. The van der Waals surface area contributed by atoms with Crippen molar-refractivity contribution >= 4 is 0 Å². The van der Waals surface area contributed by atoms with E-state index >= 15 is 0 Å². The summed E-state index contributed by atoms with van der Waals surface area (Å²) in [4.78, 5) is 0. The van der Waals surface area contributed by atoms with Gasteiger partial charge in [0, 0.05) is 6.04 Å². The highest BCUT2D eigenvalue weighted by Gasteiger charge is 2.13. The molecular formula is C17H37NO. The Morgan fingerprint density at radius 1 is 0.684 bits per heavy atom. The second kappa shape index (κ2) is 14.3. The average Bonchev–Trinajstić information content (AvgIpc) is 2.42. The van der Waals surface area contributed by atoms with Crippen LogP contribution in [-0.4, -0.2) is 17.3 Å². The van der Waals surface area contributed by atoms with Crippen molar-refractivity contribution in [3.8, 4) is 0 Å². The molecule has 0 heterocycles. The van der Waals surface area contributed by atoms with Crippen LogP contribution >= 0.6 is 0 Å². The van der Waals surface area contributed by atoms with Gasteiger partial charge < -0.3 is 10.8 Å². The summed E-state index contributed by atoms with van der Waals surface area (Å²) in [7, 11) is 0. The van der Waals surface area contributed by atoms with Gasteiger partial charge in [0.05, 0.1) is 6.10 Å². The van der Waals surface area contributed by atoms with Crippen molar-refractivity contribution in [1.29, 1.82) is 0 Å². The van der Waals surface area contributed by atoms with Crippen molar-refractivity contribution in [2.45, 2.75) is 109 Å². The van der Waals surface area contributed by atoms with Crippen molar-refractivity contribution in [1.82, 2.24) is 0 Å². The molecule has 0 aliphatic rings. The molecule has 0 fully saturated rings. The van der Waals surface area contributed by atoms with E-state index in [9.17, 15) is 5.11 Å². The number of aliphatic hydroxyl groups is 1. The van der Waals surface area contributed by atoms with Gasteiger partial charge in [-0.25, -0.2) is 0 Å². The first-order valence-electron chi connectivity index (χ1n) is 8.66. The Bertz CT molecular complexity index is 173. The van der Waals surface area contributed by atoms with Crippen LogP contribution in [0.25, 0.3) is 0 Å². The zero-order valence-electron chi connectivity index (χ0n) is 13.4. The van der Waals surface area contributed by atoms with Crippen molar-refractivity contribution in [3.05, 3.63) is 0 Å². The number of hydrogen-bond acceptors (Lipinski definition) is 2. The first-order valence-corrected chi connectivity index (χ1v) is 8.66. The minimum Gasteiger partial charge on any atom is -0.392 e. The molecule has 2 atom stereocenters. The maximum Gasteiger partial charge on any atom is 0.0691 e. The number of hydrogen-bond donors (Lipinski definition) is 2. The number of nitrogens with two attached hydrogens (primary N) is 1. The maximum absolute atomic E-state index is 9.99. The van der Waals surface area contributed by atoms with Crippen LogP contribution in [0.15, 0.2) is 0 Å². The number of rotatable bonds is 14. The summed E-state index contributed by atoms with van der Waals surface area (Å²) >= 11 is 0. The number of aliphatic hydroxyl groups excluding tert-OH is 1. The molecule has 0 amide bonds. The van der Waals surface area contributed by atoms with Gasteiger partial charge in [-0.15, -0.1) is 0 Å². The molecular weight excluding hydrogens is 234 g/mol. The SMILES string of the molecule is CCCCCCCCCC(O)C(N)CCCCCC. The van der Waals surface area contributed by atoms with E-state index in [1.54, 1.807) is 0 Å². The lowest BCUT2D eigenvalue weighted by Crippen LogP contribution is -2.34. The smallest absolute Gasteiger partial charge is 0.0691 e. The largest absolute Gasteiger partial charge is 0.392 e. The molecule has 116 valence electrons. The summed E-state index contributed by atoms with van der Waals surface area (Å²) in [5, 5.41) is 9.99. The molecule has 0 aromatic heterocycles. The molecule has 0 bridgehead atoms. The molecule has 0 saturated heterocycles. The van der Waals surface area contributed by atoms with E-state index in [1.807, 2.05) is 0 Å². The molecule has 0 radical (unpaired) electrons. The molecule has 2 nitrogen and oxygen atoms in total. The summed E-state index contributed by atoms with van der Waals surface area (Å²) in [5.41, 5.74) is 6.03. The zero-order valence-corrected chi connectivity index (χ0v) is 13.4. The van der Waals surface area contributed by atoms with Crippen molar-refractivity contribution < 1.29 is 5.11 Å². The van der Waals surface area contributed by atoms with Crippen molar-refractivity contribution in [2.75, 3.05) is 0 Å². The third kappa shape index (κ3) is 12.7. The summed E-state index contributed by atoms with van der Waals surface area (Å²) in [5.74, 6) is 0.